The molecule has 1 aromatic carbocycles. The number of thioether (sulfide) groups is 1. The van der Waals surface area contributed by atoms with Crippen LogP contribution in [0, 0.1) is 5.82 Å². The van der Waals surface area contributed by atoms with Crippen LogP contribution in [0.5, 0.6) is 0 Å². The van der Waals surface area contributed by atoms with E-state index in [0.29, 0.717) is 26.7 Å². The fourth-order valence-corrected chi connectivity index (χ4v) is 5.61. The molecule has 1 N–H and O–H groups in total. The molecular formula is C20H20FN5O2S3. The molecule has 162 valence electrons. The van der Waals surface area contributed by atoms with E-state index in [1.807, 2.05) is 12.3 Å². The highest BCUT2D eigenvalue weighted by Crippen LogP contribution is 2.37. The molecule has 1 saturated carbocycles. The Bertz CT molecular complexity index is 1080. The Labute approximate surface area is 191 Å². The number of carbonyl (C=O) groups is 2. The molecular weight excluding hydrogens is 457 g/mol. The van der Waals surface area contributed by atoms with E-state index in [1.165, 1.54) is 46.6 Å². The summed E-state index contributed by atoms with van der Waals surface area (Å²) in [6.07, 6.45) is 2.39. The molecule has 31 heavy (non-hydrogen) atoms. The third kappa shape index (κ3) is 5.28. The summed E-state index contributed by atoms with van der Waals surface area (Å²) in [5.41, 5.74) is 1.46. The molecule has 1 aliphatic carbocycles. The van der Waals surface area contributed by atoms with Gasteiger partial charge in [0.05, 0.1) is 10.9 Å². The van der Waals surface area contributed by atoms with Crippen molar-refractivity contribution in [3.63, 3.8) is 0 Å². The third-order valence-electron chi connectivity index (χ3n) is 4.61. The average Bonchev–Trinajstić information content (AvgIpc) is 3.30. The van der Waals surface area contributed by atoms with Gasteiger partial charge >= 0.3 is 0 Å². The molecule has 7 nitrogen and oxygen atoms in total. The highest BCUT2D eigenvalue weighted by atomic mass is 32.2. The monoisotopic (exact) mass is 477 g/mol. The van der Waals surface area contributed by atoms with Gasteiger partial charge in [-0.05, 0) is 44.0 Å². The number of halogens is 1. The minimum atomic E-state index is -0.421. The molecule has 3 aromatic rings. The molecule has 0 unspecified atom stereocenters. The Kier molecular flexibility index (Phi) is 6.63. The first kappa shape index (κ1) is 21.8. The predicted molar refractivity (Wildman–Crippen MR) is 122 cm³/mol. The zero-order valence-electron chi connectivity index (χ0n) is 16.9. The van der Waals surface area contributed by atoms with Crippen LogP contribution in [0.4, 0.5) is 14.7 Å². The summed E-state index contributed by atoms with van der Waals surface area (Å²) >= 11 is 3.93. The van der Waals surface area contributed by atoms with Crippen LogP contribution < -0.4 is 10.2 Å². The van der Waals surface area contributed by atoms with Gasteiger partial charge in [0.15, 0.2) is 9.47 Å². The molecule has 0 saturated heterocycles. The van der Waals surface area contributed by atoms with E-state index in [0.717, 1.165) is 18.4 Å². The van der Waals surface area contributed by atoms with Gasteiger partial charge in [-0.3, -0.25) is 14.5 Å². The largest absolute Gasteiger partial charge is 0.301 e. The molecule has 4 rings (SSSR count). The number of aromatic nitrogens is 3. The summed E-state index contributed by atoms with van der Waals surface area (Å²) in [5.74, 6) is -0.468. The van der Waals surface area contributed by atoms with Crippen molar-refractivity contribution >= 4 is 56.5 Å². The number of hydrogen-bond acceptors (Lipinski definition) is 8. The van der Waals surface area contributed by atoms with Gasteiger partial charge in [-0.15, -0.1) is 21.5 Å². The SMILES string of the molecule is CCC(=O)N(c1nnc(S[C@@H](C)C(=O)Nc2nc(-c3ccc(F)cc3)cs2)s1)C1CC1. The lowest BCUT2D eigenvalue weighted by Crippen LogP contribution is -2.32. The minimum absolute atomic E-state index is 0.0433. The summed E-state index contributed by atoms with van der Waals surface area (Å²) in [4.78, 5) is 31.0. The van der Waals surface area contributed by atoms with E-state index < -0.39 is 5.25 Å². The fourth-order valence-electron chi connectivity index (χ4n) is 2.81. The summed E-state index contributed by atoms with van der Waals surface area (Å²) in [7, 11) is 0. The quantitative estimate of drug-likeness (QED) is 0.369. The van der Waals surface area contributed by atoms with Crippen LogP contribution in [0.2, 0.25) is 0 Å². The number of thiazole rings is 1. The molecule has 11 heteroatoms. The lowest BCUT2D eigenvalue weighted by atomic mass is 10.2. The van der Waals surface area contributed by atoms with Gasteiger partial charge < -0.3 is 5.32 Å². The molecule has 0 bridgehead atoms. The Balaban J connectivity index is 1.37. The van der Waals surface area contributed by atoms with E-state index in [4.69, 9.17) is 0 Å². The van der Waals surface area contributed by atoms with Crippen LogP contribution in [0.15, 0.2) is 34.0 Å². The zero-order valence-corrected chi connectivity index (χ0v) is 19.3. The molecule has 0 radical (unpaired) electrons. The molecule has 2 amide bonds. The Hall–Kier alpha value is -2.37. The first-order valence-electron chi connectivity index (χ1n) is 9.79. The number of benzene rings is 1. The van der Waals surface area contributed by atoms with Crippen LogP contribution in [-0.4, -0.2) is 38.3 Å². The summed E-state index contributed by atoms with van der Waals surface area (Å²) in [5, 5.41) is 13.6. The molecule has 1 aliphatic rings. The van der Waals surface area contributed by atoms with E-state index in [-0.39, 0.29) is 23.7 Å². The molecule has 0 aliphatic heterocycles. The second-order valence-corrected chi connectivity index (χ2v) is 10.4. The van der Waals surface area contributed by atoms with Crippen molar-refractivity contribution in [3.8, 4) is 11.3 Å². The fraction of sp³-hybridized carbons (Fsp3) is 0.350. The predicted octanol–water partition coefficient (Wildman–Crippen LogP) is 4.83. The lowest BCUT2D eigenvalue weighted by molar-refractivity contribution is -0.118. The second-order valence-electron chi connectivity index (χ2n) is 6.99. The normalized spacial score (nSPS) is 14.3. The van der Waals surface area contributed by atoms with Gasteiger partial charge in [-0.25, -0.2) is 9.37 Å². The minimum Gasteiger partial charge on any atom is -0.301 e. The van der Waals surface area contributed by atoms with Crippen molar-refractivity contribution in [1.29, 1.82) is 0 Å². The molecule has 0 spiro atoms. The third-order valence-corrected chi connectivity index (χ3v) is 7.47. The maximum Gasteiger partial charge on any atom is 0.239 e. The van der Waals surface area contributed by atoms with Gasteiger partial charge in [0.2, 0.25) is 16.9 Å². The van der Waals surface area contributed by atoms with Crippen LogP contribution >= 0.6 is 34.4 Å². The Morgan fingerprint density at radius 3 is 2.71 bits per heavy atom. The lowest BCUT2D eigenvalue weighted by Gasteiger charge is -2.17. The molecule has 1 atom stereocenters. The van der Waals surface area contributed by atoms with Crippen molar-refractivity contribution in [3.05, 3.63) is 35.5 Å². The maximum absolute atomic E-state index is 13.1. The highest BCUT2D eigenvalue weighted by Gasteiger charge is 2.35. The molecule has 2 aromatic heterocycles. The van der Waals surface area contributed by atoms with E-state index >= 15 is 0 Å². The van der Waals surface area contributed by atoms with Crippen LogP contribution in [0.1, 0.15) is 33.1 Å². The molecule has 2 heterocycles. The number of nitrogens with one attached hydrogen (secondary N) is 1. The van der Waals surface area contributed by atoms with Crippen LogP contribution in [0.3, 0.4) is 0 Å². The smallest absolute Gasteiger partial charge is 0.239 e. The van der Waals surface area contributed by atoms with Gasteiger partial charge in [-0.1, -0.05) is 30.0 Å². The van der Waals surface area contributed by atoms with Gasteiger partial charge in [0.1, 0.15) is 5.82 Å². The van der Waals surface area contributed by atoms with Crippen LogP contribution in [-0.2, 0) is 9.59 Å². The molecule has 1 fully saturated rings. The topological polar surface area (TPSA) is 88.1 Å². The summed E-state index contributed by atoms with van der Waals surface area (Å²) in [6.45, 7) is 3.62. The first-order valence-corrected chi connectivity index (χ1v) is 12.4. The number of carbonyl (C=O) groups excluding carboxylic acids is 2. The standard InChI is InChI=1S/C20H20FN5O2S3/c1-3-16(27)26(14-8-9-14)19-24-25-20(31-19)30-11(2)17(28)23-18-22-15(10-29-18)12-4-6-13(21)7-5-12/h4-7,10-11,14H,3,8-9H2,1-2H3,(H,22,23,28)/t11-/m0/s1. The first-order chi connectivity index (χ1) is 14.9. The van der Waals surface area contributed by atoms with E-state index in [1.54, 1.807) is 24.0 Å². The number of rotatable bonds is 8. The van der Waals surface area contributed by atoms with Crippen LogP contribution in [0.25, 0.3) is 11.3 Å². The number of nitrogens with zero attached hydrogens (tertiary/aromatic N) is 4. The zero-order chi connectivity index (χ0) is 22.0. The second kappa shape index (κ2) is 9.41. The van der Waals surface area contributed by atoms with Crippen molar-refractivity contribution in [2.24, 2.45) is 0 Å². The van der Waals surface area contributed by atoms with E-state index in [2.05, 4.69) is 20.5 Å². The number of amides is 2. The van der Waals surface area contributed by atoms with Gasteiger partial charge in [-0.2, -0.15) is 0 Å². The maximum atomic E-state index is 13.1. The van der Waals surface area contributed by atoms with Gasteiger partial charge in [0, 0.05) is 23.4 Å². The summed E-state index contributed by atoms with van der Waals surface area (Å²) < 4.78 is 13.7. The average molecular weight is 478 g/mol. The highest BCUT2D eigenvalue weighted by molar-refractivity contribution is 8.02. The summed E-state index contributed by atoms with van der Waals surface area (Å²) in [6, 6.07) is 6.27. The number of hydrogen-bond donors (Lipinski definition) is 1. The van der Waals surface area contributed by atoms with E-state index in [9.17, 15) is 14.0 Å². The Morgan fingerprint density at radius 2 is 2.03 bits per heavy atom. The van der Waals surface area contributed by atoms with Crippen molar-refractivity contribution in [1.82, 2.24) is 15.2 Å². The van der Waals surface area contributed by atoms with Gasteiger partial charge in [0.25, 0.3) is 0 Å². The van der Waals surface area contributed by atoms with Crippen molar-refractivity contribution in [2.45, 2.75) is 48.7 Å². The Morgan fingerprint density at radius 1 is 1.29 bits per heavy atom. The van der Waals surface area contributed by atoms with Crippen molar-refractivity contribution < 1.29 is 14.0 Å². The van der Waals surface area contributed by atoms with Crippen molar-refractivity contribution in [2.75, 3.05) is 10.2 Å². The number of anilines is 2.